The predicted octanol–water partition coefficient (Wildman–Crippen LogP) is 3.20. The number of amides is 1. The molecular formula is C19H24N2O. The van der Waals surface area contributed by atoms with E-state index in [1.807, 2.05) is 32.0 Å². The van der Waals surface area contributed by atoms with Crippen molar-refractivity contribution in [1.29, 1.82) is 0 Å². The molecule has 0 unspecified atom stereocenters. The third-order valence-electron chi connectivity index (χ3n) is 3.70. The molecule has 0 aromatic heterocycles. The minimum absolute atomic E-state index is 0.000550. The maximum Gasteiger partial charge on any atom is 0.236 e. The van der Waals surface area contributed by atoms with Crippen LogP contribution in [0, 0.1) is 6.92 Å². The molecule has 2 N–H and O–H groups in total. The van der Waals surface area contributed by atoms with Gasteiger partial charge in [-0.05, 0) is 31.9 Å². The van der Waals surface area contributed by atoms with Crippen molar-refractivity contribution in [1.82, 2.24) is 10.6 Å². The maximum atomic E-state index is 12.0. The lowest BCUT2D eigenvalue weighted by Crippen LogP contribution is -2.43. The Balaban J connectivity index is 2.26. The Morgan fingerprint density at radius 3 is 2.18 bits per heavy atom. The summed E-state index contributed by atoms with van der Waals surface area (Å²) in [6.45, 7) is 6.55. The van der Waals surface area contributed by atoms with Gasteiger partial charge in [-0.1, -0.05) is 60.2 Å². The number of hydrogen-bond donors (Lipinski definition) is 2. The van der Waals surface area contributed by atoms with Gasteiger partial charge in [-0.25, -0.2) is 0 Å². The van der Waals surface area contributed by atoms with Crippen molar-refractivity contribution in [2.45, 2.75) is 32.9 Å². The summed E-state index contributed by atoms with van der Waals surface area (Å²) in [5.41, 5.74) is 3.54. The molecule has 1 amide bonds. The van der Waals surface area contributed by atoms with E-state index in [1.165, 1.54) is 5.56 Å². The average Bonchev–Trinajstić information content (AvgIpc) is 2.54. The molecule has 3 nitrogen and oxygen atoms in total. The van der Waals surface area contributed by atoms with Gasteiger partial charge in [0.2, 0.25) is 5.91 Å². The predicted molar refractivity (Wildman–Crippen MR) is 90.7 cm³/mol. The van der Waals surface area contributed by atoms with Crippen LogP contribution in [0.1, 0.15) is 36.6 Å². The fourth-order valence-corrected chi connectivity index (χ4v) is 2.44. The highest BCUT2D eigenvalue weighted by Crippen LogP contribution is 2.23. The third-order valence-corrected chi connectivity index (χ3v) is 3.70. The molecule has 3 heteroatoms. The summed E-state index contributed by atoms with van der Waals surface area (Å²) < 4.78 is 0. The first-order valence-electron chi connectivity index (χ1n) is 7.77. The zero-order valence-corrected chi connectivity index (χ0v) is 13.5. The molecule has 2 atom stereocenters. The van der Waals surface area contributed by atoms with Crippen molar-refractivity contribution in [3.63, 3.8) is 0 Å². The van der Waals surface area contributed by atoms with Crippen LogP contribution < -0.4 is 10.6 Å². The topological polar surface area (TPSA) is 41.1 Å². The lowest BCUT2D eigenvalue weighted by Gasteiger charge is -2.24. The minimum atomic E-state index is -0.258. The molecule has 2 aromatic rings. The van der Waals surface area contributed by atoms with Gasteiger partial charge in [-0.15, -0.1) is 0 Å². The van der Waals surface area contributed by atoms with Crippen molar-refractivity contribution >= 4 is 5.91 Å². The van der Waals surface area contributed by atoms with Crippen molar-refractivity contribution in [2.24, 2.45) is 0 Å². The number of benzene rings is 2. The van der Waals surface area contributed by atoms with E-state index < -0.39 is 0 Å². The van der Waals surface area contributed by atoms with Crippen LogP contribution in [-0.4, -0.2) is 18.5 Å². The van der Waals surface area contributed by atoms with Crippen molar-refractivity contribution in [2.75, 3.05) is 6.54 Å². The van der Waals surface area contributed by atoms with E-state index in [0.29, 0.717) is 6.54 Å². The third kappa shape index (κ3) is 4.18. The van der Waals surface area contributed by atoms with Crippen molar-refractivity contribution < 1.29 is 4.79 Å². The SMILES string of the molecule is CCNC(=O)[C@@H](C)N[C@H](c1ccccc1)c1ccc(C)cc1. The lowest BCUT2D eigenvalue weighted by atomic mass is 9.97. The number of nitrogens with one attached hydrogen (secondary N) is 2. The van der Waals surface area contributed by atoms with Crippen molar-refractivity contribution in [3.05, 3.63) is 71.3 Å². The van der Waals surface area contributed by atoms with Crippen LogP contribution in [0.15, 0.2) is 54.6 Å². The molecule has 0 bridgehead atoms. The normalized spacial score (nSPS) is 13.4. The molecule has 22 heavy (non-hydrogen) atoms. The van der Waals surface area contributed by atoms with Gasteiger partial charge in [0.15, 0.2) is 0 Å². The van der Waals surface area contributed by atoms with Gasteiger partial charge in [-0.2, -0.15) is 0 Å². The largest absolute Gasteiger partial charge is 0.355 e. The smallest absolute Gasteiger partial charge is 0.236 e. The van der Waals surface area contributed by atoms with E-state index in [9.17, 15) is 4.79 Å². The second-order valence-corrected chi connectivity index (χ2v) is 5.54. The van der Waals surface area contributed by atoms with E-state index in [2.05, 4.69) is 54.0 Å². The van der Waals surface area contributed by atoms with Gasteiger partial charge in [0.1, 0.15) is 0 Å². The van der Waals surface area contributed by atoms with E-state index in [1.54, 1.807) is 0 Å². The average molecular weight is 296 g/mol. The molecule has 0 aliphatic carbocycles. The highest BCUT2D eigenvalue weighted by atomic mass is 16.2. The molecule has 0 spiro atoms. The molecule has 2 rings (SSSR count). The summed E-state index contributed by atoms with van der Waals surface area (Å²) in [4.78, 5) is 12.0. The fraction of sp³-hybridized carbons (Fsp3) is 0.316. The van der Waals surface area contributed by atoms with Gasteiger partial charge in [-0.3, -0.25) is 10.1 Å². The van der Waals surface area contributed by atoms with Gasteiger partial charge < -0.3 is 5.32 Å². The van der Waals surface area contributed by atoms with Crippen LogP contribution in [0.25, 0.3) is 0 Å². The zero-order chi connectivity index (χ0) is 15.9. The highest BCUT2D eigenvalue weighted by molar-refractivity contribution is 5.81. The second kappa shape index (κ2) is 7.76. The Kier molecular flexibility index (Phi) is 5.73. The lowest BCUT2D eigenvalue weighted by molar-refractivity contribution is -0.122. The summed E-state index contributed by atoms with van der Waals surface area (Å²) in [6.07, 6.45) is 0. The highest BCUT2D eigenvalue weighted by Gasteiger charge is 2.20. The van der Waals surface area contributed by atoms with Crippen LogP contribution in [0.2, 0.25) is 0 Å². The van der Waals surface area contributed by atoms with Crippen LogP contribution in [-0.2, 0) is 4.79 Å². The van der Waals surface area contributed by atoms with E-state index in [-0.39, 0.29) is 18.0 Å². The summed E-state index contributed by atoms with van der Waals surface area (Å²) in [6, 6.07) is 18.4. The molecular weight excluding hydrogens is 272 g/mol. The molecule has 0 aliphatic rings. The van der Waals surface area contributed by atoms with E-state index in [0.717, 1.165) is 11.1 Å². The second-order valence-electron chi connectivity index (χ2n) is 5.54. The van der Waals surface area contributed by atoms with Gasteiger partial charge in [0.05, 0.1) is 12.1 Å². The van der Waals surface area contributed by atoms with Crippen molar-refractivity contribution in [3.8, 4) is 0 Å². The Morgan fingerprint density at radius 1 is 1.00 bits per heavy atom. The number of hydrogen-bond acceptors (Lipinski definition) is 2. The number of rotatable bonds is 6. The Labute approximate surface area is 132 Å². The Bertz CT molecular complexity index is 593. The summed E-state index contributed by atoms with van der Waals surface area (Å²) in [5.74, 6) is 0.0237. The summed E-state index contributed by atoms with van der Waals surface area (Å²) >= 11 is 0. The maximum absolute atomic E-state index is 12.0. The van der Waals surface area contributed by atoms with Gasteiger partial charge >= 0.3 is 0 Å². The van der Waals surface area contributed by atoms with Crippen LogP contribution in [0.3, 0.4) is 0 Å². The Hall–Kier alpha value is -2.13. The van der Waals surface area contributed by atoms with Crippen LogP contribution in [0.4, 0.5) is 0 Å². The molecule has 2 aromatic carbocycles. The number of aryl methyl sites for hydroxylation is 1. The number of carbonyl (C=O) groups is 1. The minimum Gasteiger partial charge on any atom is -0.355 e. The first kappa shape index (κ1) is 16.2. The molecule has 116 valence electrons. The van der Waals surface area contributed by atoms with Crippen LogP contribution >= 0.6 is 0 Å². The first-order valence-corrected chi connectivity index (χ1v) is 7.77. The fourth-order valence-electron chi connectivity index (χ4n) is 2.44. The van der Waals surface area contributed by atoms with Gasteiger partial charge in [0, 0.05) is 6.54 Å². The molecule has 0 aliphatic heterocycles. The standard InChI is InChI=1S/C19H24N2O/c1-4-20-19(22)15(3)21-18(16-8-6-5-7-9-16)17-12-10-14(2)11-13-17/h5-13,15,18,21H,4H2,1-3H3,(H,20,22)/t15-,18-/m1/s1. The van der Waals surface area contributed by atoms with E-state index >= 15 is 0 Å². The summed E-state index contributed by atoms with van der Waals surface area (Å²) in [5, 5.41) is 6.30. The quantitative estimate of drug-likeness (QED) is 0.859. The monoisotopic (exact) mass is 296 g/mol. The zero-order valence-electron chi connectivity index (χ0n) is 13.5. The molecule has 0 saturated heterocycles. The van der Waals surface area contributed by atoms with Crippen LogP contribution in [0.5, 0.6) is 0 Å². The summed E-state index contributed by atoms with van der Waals surface area (Å²) in [7, 11) is 0. The number of carbonyl (C=O) groups excluding carboxylic acids is 1. The van der Waals surface area contributed by atoms with Gasteiger partial charge in [0.25, 0.3) is 0 Å². The molecule has 0 radical (unpaired) electrons. The number of likely N-dealkylation sites (N-methyl/N-ethyl adjacent to an activating group) is 1. The molecule has 0 saturated carbocycles. The van der Waals surface area contributed by atoms with E-state index in [4.69, 9.17) is 0 Å². The Morgan fingerprint density at radius 2 is 1.59 bits per heavy atom. The first-order chi connectivity index (χ1) is 10.6. The molecule has 0 heterocycles. The molecule has 0 fully saturated rings.